The summed E-state index contributed by atoms with van der Waals surface area (Å²) >= 11 is 0. The average Bonchev–Trinajstić information content (AvgIpc) is 3.12. The van der Waals surface area contributed by atoms with E-state index in [0.29, 0.717) is 23.9 Å². The molecule has 0 aromatic rings. The topological polar surface area (TPSA) is 172 Å². The molecule has 0 amide bonds. The molecule has 0 fully saturated rings. The Morgan fingerprint density at radius 2 is 1.27 bits per heavy atom. The summed E-state index contributed by atoms with van der Waals surface area (Å²) in [4.78, 5) is 37.4. The van der Waals surface area contributed by atoms with Gasteiger partial charge in [0, 0.05) is 12.8 Å². The van der Waals surface area contributed by atoms with Crippen LogP contribution in [0.5, 0.6) is 0 Å². The second-order valence-electron chi connectivity index (χ2n) is 14.8. The minimum Gasteiger partial charge on any atom is -0.756 e. The summed E-state index contributed by atoms with van der Waals surface area (Å²) in [6, 6.07) is 0. The number of aliphatic hydroxyl groups excluding tert-OH is 3. The molecule has 0 aromatic heterocycles. The molecule has 0 bridgehead atoms. The number of allylic oxidation sites excluding steroid dienone is 7. The Labute approximate surface area is 332 Å². The van der Waals surface area contributed by atoms with Gasteiger partial charge in [0.2, 0.25) is 0 Å². The zero-order valence-corrected chi connectivity index (χ0v) is 35.3. The molecule has 0 aliphatic heterocycles. The van der Waals surface area contributed by atoms with E-state index < -0.39 is 57.4 Å². The van der Waals surface area contributed by atoms with Crippen LogP contribution in [0.2, 0.25) is 0 Å². The molecule has 0 aliphatic carbocycles. The number of hydrogen-bond acceptors (Lipinski definition) is 11. The van der Waals surface area contributed by atoms with Crippen LogP contribution in [0, 0.1) is 0 Å². The first-order chi connectivity index (χ1) is 26.2. The van der Waals surface area contributed by atoms with E-state index in [0.717, 1.165) is 25.7 Å². The number of carbonyl (C=O) groups excluding carboxylic acids is 2. The van der Waals surface area contributed by atoms with Crippen molar-refractivity contribution in [3.05, 3.63) is 60.8 Å². The van der Waals surface area contributed by atoms with E-state index in [-0.39, 0.29) is 32.3 Å². The van der Waals surface area contributed by atoms with Crippen molar-refractivity contribution in [1.29, 1.82) is 0 Å². The Kier molecular flexibility index (Phi) is 32.2. The third kappa shape index (κ3) is 35.7. The highest BCUT2D eigenvalue weighted by atomic mass is 31.2. The number of unbranched alkanes of at least 4 members (excludes halogenated alkanes) is 10. The van der Waals surface area contributed by atoms with Gasteiger partial charge in [0.15, 0.2) is 6.10 Å². The predicted molar refractivity (Wildman–Crippen MR) is 217 cm³/mol. The lowest BCUT2D eigenvalue weighted by Crippen LogP contribution is -2.37. The largest absolute Gasteiger partial charge is 0.756 e. The molecule has 0 rings (SSSR count). The van der Waals surface area contributed by atoms with E-state index in [9.17, 15) is 34.4 Å². The van der Waals surface area contributed by atoms with Crippen molar-refractivity contribution in [2.75, 3.05) is 47.5 Å². The molecule has 0 aromatic carbocycles. The molecule has 0 heterocycles. The van der Waals surface area contributed by atoms with Gasteiger partial charge in [-0.15, -0.1) is 0 Å². The van der Waals surface area contributed by atoms with Crippen molar-refractivity contribution >= 4 is 19.8 Å². The number of quaternary nitrogens is 1. The summed E-state index contributed by atoms with van der Waals surface area (Å²) in [5.41, 5.74) is 0. The first-order valence-electron chi connectivity index (χ1n) is 20.3. The van der Waals surface area contributed by atoms with E-state index in [1.165, 1.54) is 51.0 Å². The van der Waals surface area contributed by atoms with Crippen LogP contribution >= 0.6 is 7.82 Å². The van der Waals surface area contributed by atoms with Gasteiger partial charge in [0.25, 0.3) is 7.82 Å². The summed E-state index contributed by atoms with van der Waals surface area (Å²) in [6.07, 6.45) is 27.8. The average molecular weight is 800 g/mol. The fraction of sp³-hybridized carbons (Fsp3) is 0.714. The Hall–Kier alpha value is -2.41. The van der Waals surface area contributed by atoms with Gasteiger partial charge >= 0.3 is 11.9 Å². The van der Waals surface area contributed by atoms with Crippen molar-refractivity contribution in [3.63, 3.8) is 0 Å². The third-order valence-electron chi connectivity index (χ3n) is 8.39. The van der Waals surface area contributed by atoms with Crippen LogP contribution < -0.4 is 4.89 Å². The van der Waals surface area contributed by atoms with E-state index >= 15 is 0 Å². The number of phosphoric ester groups is 1. The second kappa shape index (κ2) is 33.7. The van der Waals surface area contributed by atoms with Crippen LogP contribution in [0.1, 0.15) is 123 Å². The van der Waals surface area contributed by atoms with Crippen molar-refractivity contribution in [2.24, 2.45) is 0 Å². The summed E-state index contributed by atoms with van der Waals surface area (Å²) in [7, 11) is 0.967. The maximum Gasteiger partial charge on any atom is 0.306 e. The molecule has 0 aliphatic rings. The molecule has 55 heavy (non-hydrogen) atoms. The number of nitrogens with zero attached hydrogens (tertiary/aromatic N) is 1. The maximum absolute atomic E-state index is 12.6. The Balaban J connectivity index is 4.75. The van der Waals surface area contributed by atoms with E-state index in [1.54, 1.807) is 42.5 Å². The Bertz CT molecular complexity index is 1180. The molecule has 12 nitrogen and oxygen atoms in total. The summed E-state index contributed by atoms with van der Waals surface area (Å²) in [6.45, 7) is 3.60. The number of likely N-dealkylation sites (N-methyl/N-ethyl adjacent to an activating group) is 1. The van der Waals surface area contributed by atoms with Crippen LogP contribution in [0.25, 0.3) is 0 Å². The Morgan fingerprint density at radius 1 is 0.709 bits per heavy atom. The van der Waals surface area contributed by atoms with Crippen LogP contribution in [0.3, 0.4) is 0 Å². The normalized spacial score (nSPS) is 16.0. The van der Waals surface area contributed by atoms with Crippen LogP contribution in [-0.2, 0) is 32.7 Å². The Morgan fingerprint density at radius 3 is 1.87 bits per heavy atom. The zero-order chi connectivity index (χ0) is 41.2. The first kappa shape index (κ1) is 52.6. The second-order valence-corrected chi connectivity index (χ2v) is 16.3. The lowest BCUT2D eigenvalue weighted by Gasteiger charge is -2.28. The first-order valence-corrected chi connectivity index (χ1v) is 21.8. The molecule has 318 valence electrons. The smallest absolute Gasteiger partial charge is 0.306 e. The van der Waals surface area contributed by atoms with Crippen LogP contribution in [-0.4, -0.2) is 104 Å². The predicted octanol–water partition coefficient (Wildman–Crippen LogP) is 7.18. The summed E-state index contributed by atoms with van der Waals surface area (Å²) in [5, 5.41) is 30.4. The monoisotopic (exact) mass is 799 g/mol. The van der Waals surface area contributed by atoms with Crippen LogP contribution in [0.15, 0.2) is 60.8 Å². The number of phosphoric acid groups is 1. The molecule has 3 N–H and O–H groups in total. The van der Waals surface area contributed by atoms with Crippen molar-refractivity contribution in [3.8, 4) is 0 Å². The third-order valence-corrected chi connectivity index (χ3v) is 9.36. The molecule has 1 unspecified atom stereocenters. The number of aliphatic hydroxyl groups is 3. The van der Waals surface area contributed by atoms with Gasteiger partial charge in [-0.2, -0.15) is 0 Å². The van der Waals surface area contributed by atoms with Gasteiger partial charge in [-0.3, -0.25) is 14.2 Å². The highest BCUT2D eigenvalue weighted by Crippen LogP contribution is 2.38. The van der Waals surface area contributed by atoms with E-state index in [2.05, 4.69) is 6.92 Å². The summed E-state index contributed by atoms with van der Waals surface area (Å²) < 4.78 is 33.5. The highest BCUT2D eigenvalue weighted by molar-refractivity contribution is 7.45. The van der Waals surface area contributed by atoms with Gasteiger partial charge in [-0.1, -0.05) is 139 Å². The fourth-order valence-electron chi connectivity index (χ4n) is 5.05. The SMILES string of the molecule is CC/C=C\C[C@@H](O)/C=C/C=C/C=C\C=C/[C@H](O)[C@@H](O)CCCC(=O)OC[C@H](COP(=O)([O-])OCC[N+](C)(C)C)OC(=O)CCCCCCCCCCCCC. The highest BCUT2D eigenvalue weighted by Gasteiger charge is 2.22. The minimum absolute atomic E-state index is 0.0796. The van der Waals surface area contributed by atoms with E-state index in [4.69, 9.17) is 18.5 Å². The number of rotatable bonds is 35. The lowest BCUT2D eigenvalue weighted by molar-refractivity contribution is -0.870. The number of hydrogen-bond donors (Lipinski definition) is 3. The molecule has 13 heteroatoms. The number of ether oxygens (including phenoxy) is 2. The number of esters is 2. The molecule has 0 saturated carbocycles. The van der Waals surface area contributed by atoms with Gasteiger partial charge in [-0.25, -0.2) is 0 Å². The quantitative estimate of drug-likeness (QED) is 0.0148. The maximum atomic E-state index is 12.6. The van der Waals surface area contributed by atoms with Crippen LogP contribution in [0.4, 0.5) is 0 Å². The van der Waals surface area contributed by atoms with Crippen molar-refractivity contribution in [1.82, 2.24) is 0 Å². The van der Waals surface area contributed by atoms with Gasteiger partial charge in [0.1, 0.15) is 19.8 Å². The molecule has 0 radical (unpaired) electrons. The van der Waals surface area contributed by atoms with E-state index in [1.807, 2.05) is 40.2 Å². The molecule has 0 spiro atoms. The zero-order valence-electron chi connectivity index (χ0n) is 34.4. The number of carbonyl (C=O) groups is 2. The molecule has 0 saturated heterocycles. The lowest BCUT2D eigenvalue weighted by atomic mass is 10.1. The van der Waals surface area contributed by atoms with Crippen molar-refractivity contribution in [2.45, 2.75) is 147 Å². The van der Waals surface area contributed by atoms with Crippen molar-refractivity contribution < 1.29 is 57.4 Å². The summed E-state index contributed by atoms with van der Waals surface area (Å²) in [5.74, 6) is -1.17. The molecular formula is C42H74NO11P. The molecule has 5 atom stereocenters. The van der Waals surface area contributed by atoms with Gasteiger partial charge in [0.05, 0.1) is 46.1 Å². The standard InChI is InChI=1S/C42H74NO11P/c1-6-8-10-11-12-13-14-15-16-21-25-31-42(48)54-38(36-53-55(49,50)52-34-33-43(3,4)5)35-51-41(47)32-26-30-40(46)39(45)29-24-20-18-17-19-23-28-37(44)27-22-9-7-2/h9,17-20,22-24,28-29,37-40,44-46H,6-8,10-16,21,25-27,30-36H2,1-5H3/b19-17+,20-18-,22-9-,28-23+,29-24-/t37-,38-,39+,40+/m1/s1. The molecular weight excluding hydrogens is 725 g/mol. The minimum atomic E-state index is -4.70. The van der Waals surface area contributed by atoms with Gasteiger partial charge in [-0.05, 0) is 32.1 Å². The van der Waals surface area contributed by atoms with Gasteiger partial charge < -0.3 is 43.2 Å². The fourth-order valence-corrected chi connectivity index (χ4v) is 5.78.